The van der Waals surface area contributed by atoms with Crippen LogP contribution in [-0.4, -0.2) is 32.6 Å². The summed E-state index contributed by atoms with van der Waals surface area (Å²) in [6, 6.07) is 0. The van der Waals surface area contributed by atoms with Crippen molar-refractivity contribution in [3.63, 3.8) is 0 Å². The van der Waals surface area contributed by atoms with Gasteiger partial charge in [-0.05, 0) is 12.8 Å². The van der Waals surface area contributed by atoms with E-state index in [1.165, 1.54) is 0 Å². The van der Waals surface area contributed by atoms with E-state index in [9.17, 15) is 13.4 Å². The molecule has 0 aliphatic heterocycles. The molecule has 1 aliphatic carbocycles. The Morgan fingerprint density at radius 2 is 2.25 bits per heavy atom. The average Bonchev–Trinajstić information content (AvgIpc) is 2.67. The van der Waals surface area contributed by atoms with Crippen LogP contribution in [0.1, 0.15) is 12.8 Å². The minimum Gasteiger partial charge on any atom is -0.347 e. The van der Waals surface area contributed by atoms with E-state index in [2.05, 4.69) is 5.32 Å². The Kier molecular flexibility index (Phi) is 2.79. The van der Waals surface area contributed by atoms with Crippen LogP contribution in [0, 0.1) is 0 Å². The lowest BCUT2D eigenvalue weighted by molar-refractivity contribution is -0.119. The molecule has 70 valence electrons. The van der Waals surface area contributed by atoms with E-state index in [0.717, 1.165) is 0 Å². The normalized spacial score (nSPS) is 21.5. The van der Waals surface area contributed by atoms with Crippen LogP contribution in [0.2, 0.25) is 0 Å². The second kappa shape index (κ2) is 3.49. The van der Waals surface area contributed by atoms with Crippen LogP contribution < -0.4 is 5.32 Å². The molecule has 0 aromatic heterocycles. The summed E-state index contributed by atoms with van der Waals surface area (Å²) < 4.78 is 30.7. The van der Waals surface area contributed by atoms with Crippen molar-refractivity contribution in [2.24, 2.45) is 0 Å². The van der Waals surface area contributed by atoms with Gasteiger partial charge in [0.1, 0.15) is 12.4 Å². The fourth-order valence-electron chi connectivity index (χ4n) is 0.887. The smallest absolute Gasteiger partial charge is 0.235 e. The molecule has 1 saturated carbocycles. The number of alkyl halides is 1. The Bertz CT molecular complexity index is 217. The van der Waals surface area contributed by atoms with Crippen molar-refractivity contribution >= 4 is 17.0 Å². The van der Waals surface area contributed by atoms with Gasteiger partial charge in [0.15, 0.2) is 11.1 Å². The molecule has 1 amide bonds. The van der Waals surface area contributed by atoms with E-state index in [1.807, 2.05) is 0 Å². The zero-order valence-electron chi connectivity index (χ0n) is 6.38. The quantitative estimate of drug-likeness (QED) is 0.612. The average molecular weight is 195 g/mol. The van der Waals surface area contributed by atoms with Gasteiger partial charge >= 0.3 is 0 Å². The van der Waals surface area contributed by atoms with Gasteiger partial charge in [-0.1, -0.05) is 0 Å². The molecule has 1 fully saturated rings. The Morgan fingerprint density at radius 3 is 2.58 bits per heavy atom. The zero-order valence-corrected chi connectivity index (χ0v) is 7.19. The van der Waals surface area contributed by atoms with E-state index in [0.29, 0.717) is 12.8 Å². The van der Waals surface area contributed by atoms with E-state index >= 15 is 0 Å². The van der Waals surface area contributed by atoms with Gasteiger partial charge in [0.25, 0.3) is 0 Å². The van der Waals surface area contributed by atoms with Crippen LogP contribution in [0.15, 0.2) is 0 Å². The molecule has 4 nitrogen and oxygen atoms in total. The van der Waals surface area contributed by atoms with Crippen molar-refractivity contribution < 1.29 is 17.9 Å². The van der Waals surface area contributed by atoms with Crippen molar-refractivity contribution in [1.29, 1.82) is 0 Å². The molecular weight excluding hydrogens is 185 g/mol. The highest BCUT2D eigenvalue weighted by Crippen LogP contribution is 2.35. The third-order valence-electron chi connectivity index (χ3n) is 1.77. The van der Waals surface area contributed by atoms with Crippen LogP contribution in [0.5, 0.6) is 0 Å². The van der Waals surface area contributed by atoms with Crippen LogP contribution in [0.3, 0.4) is 0 Å². The number of hydrogen-bond acceptors (Lipinski definition) is 2. The number of nitrogens with one attached hydrogen (secondary N) is 1. The van der Waals surface area contributed by atoms with E-state index in [1.54, 1.807) is 0 Å². The van der Waals surface area contributed by atoms with Crippen LogP contribution in [0.25, 0.3) is 0 Å². The van der Waals surface area contributed by atoms with Gasteiger partial charge in [-0.2, -0.15) is 0 Å². The fraction of sp³-hybridized carbons (Fsp3) is 0.833. The molecule has 1 atom stereocenters. The molecule has 0 spiro atoms. The number of rotatable bonds is 4. The number of carbonyl (C=O) groups is 1. The second-order valence-electron chi connectivity index (χ2n) is 2.93. The van der Waals surface area contributed by atoms with Crippen LogP contribution in [0.4, 0.5) is 4.39 Å². The SMILES string of the molecule is O=C(CS(=O)O)NC1(CF)CC1. The summed E-state index contributed by atoms with van der Waals surface area (Å²) in [5.41, 5.74) is -0.712. The van der Waals surface area contributed by atoms with Crippen LogP contribution in [-0.2, 0) is 15.9 Å². The molecule has 1 aliphatic rings. The Morgan fingerprint density at radius 1 is 1.67 bits per heavy atom. The molecule has 0 radical (unpaired) electrons. The van der Waals surface area contributed by atoms with E-state index in [4.69, 9.17) is 4.55 Å². The number of amides is 1. The molecule has 12 heavy (non-hydrogen) atoms. The van der Waals surface area contributed by atoms with Crippen molar-refractivity contribution in [3.05, 3.63) is 0 Å². The van der Waals surface area contributed by atoms with Gasteiger partial charge in [-0.15, -0.1) is 0 Å². The van der Waals surface area contributed by atoms with Gasteiger partial charge in [0.05, 0.1) is 5.54 Å². The molecule has 2 N–H and O–H groups in total. The molecule has 0 heterocycles. The number of hydrogen-bond donors (Lipinski definition) is 2. The summed E-state index contributed by atoms with van der Waals surface area (Å²) >= 11 is -2.14. The number of halogens is 1. The van der Waals surface area contributed by atoms with Crippen LogP contribution >= 0.6 is 0 Å². The van der Waals surface area contributed by atoms with Crippen molar-refractivity contribution in [1.82, 2.24) is 5.32 Å². The highest BCUT2D eigenvalue weighted by atomic mass is 32.2. The van der Waals surface area contributed by atoms with Gasteiger partial charge in [0.2, 0.25) is 5.91 Å². The molecule has 1 unspecified atom stereocenters. The summed E-state index contributed by atoms with van der Waals surface area (Å²) in [5, 5.41) is 2.38. The maximum absolute atomic E-state index is 12.2. The second-order valence-corrected chi connectivity index (χ2v) is 3.86. The maximum atomic E-state index is 12.2. The minimum atomic E-state index is -2.14. The zero-order chi connectivity index (χ0) is 9.19. The number of carbonyl (C=O) groups excluding carboxylic acids is 1. The van der Waals surface area contributed by atoms with E-state index < -0.39 is 35.0 Å². The first-order valence-corrected chi connectivity index (χ1v) is 4.80. The van der Waals surface area contributed by atoms with Crippen molar-refractivity contribution in [2.45, 2.75) is 18.4 Å². The van der Waals surface area contributed by atoms with Crippen molar-refractivity contribution in [2.75, 3.05) is 12.4 Å². The Balaban J connectivity index is 2.31. The first-order chi connectivity index (χ1) is 5.58. The summed E-state index contributed by atoms with van der Waals surface area (Å²) in [5.74, 6) is -1.03. The predicted octanol–water partition coefficient (Wildman–Crippen LogP) is -0.174. The minimum absolute atomic E-state index is 0.470. The highest BCUT2D eigenvalue weighted by molar-refractivity contribution is 7.80. The first-order valence-electron chi connectivity index (χ1n) is 3.52. The monoisotopic (exact) mass is 195 g/mol. The summed E-state index contributed by atoms with van der Waals surface area (Å²) in [4.78, 5) is 10.8. The lowest BCUT2D eigenvalue weighted by atomic mass is 10.3. The van der Waals surface area contributed by atoms with Gasteiger partial charge in [0, 0.05) is 0 Å². The fourth-order valence-corrected chi connectivity index (χ4v) is 1.18. The summed E-state index contributed by atoms with van der Waals surface area (Å²) in [6.45, 7) is -0.600. The topological polar surface area (TPSA) is 66.4 Å². The van der Waals surface area contributed by atoms with Gasteiger partial charge < -0.3 is 9.87 Å². The molecule has 6 heteroatoms. The Hall–Kier alpha value is -0.490. The van der Waals surface area contributed by atoms with Gasteiger partial charge in [-0.25, -0.2) is 8.60 Å². The molecule has 0 aromatic carbocycles. The summed E-state index contributed by atoms with van der Waals surface area (Å²) in [7, 11) is 0. The third kappa shape index (κ3) is 2.53. The van der Waals surface area contributed by atoms with E-state index in [-0.39, 0.29) is 0 Å². The van der Waals surface area contributed by atoms with Crippen molar-refractivity contribution in [3.8, 4) is 0 Å². The molecule has 0 aromatic rings. The summed E-state index contributed by atoms with van der Waals surface area (Å²) in [6.07, 6.45) is 1.24. The molecule has 0 bridgehead atoms. The van der Waals surface area contributed by atoms with Gasteiger partial charge in [-0.3, -0.25) is 4.79 Å². The molecular formula is C6H10FNO3S. The third-order valence-corrected chi connectivity index (χ3v) is 2.28. The lowest BCUT2D eigenvalue weighted by Gasteiger charge is -2.11. The highest BCUT2D eigenvalue weighted by Gasteiger charge is 2.44. The largest absolute Gasteiger partial charge is 0.347 e. The Labute approximate surface area is 71.8 Å². The maximum Gasteiger partial charge on any atom is 0.235 e. The standard InChI is InChI=1S/C6H10FNO3S/c7-4-6(1-2-6)8-5(9)3-12(10)11/h1-4H2,(H,8,9)(H,10,11). The molecule has 1 rings (SSSR count). The molecule has 0 saturated heterocycles. The lowest BCUT2D eigenvalue weighted by Crippen LogP contribution is -2.40. The first kappa shape index (κ1) is 9.60. The predicted molar refractivity (Wildman–Crippen MR) is 41.7 cm³/mol.